The minimum absolute atomic E-state index is 0. The molecule has 0 atom stereocenters. The molecule has 5 heterocycles. The number of hydrogen-bond acceptors (Lipinski definition) is 10. The third-order valence-corrected chi connectivity index (χ3v) is 20.9. The lowest BCUT2D eigenvalue weighted by Crippen LogP contribution is -3.00. The van der Waals surface area contributed by atoms with Crippen molar-refractivity contribution in [3.63, 3.8) is 0 Å². The number of carbonyl (C=O) groups is 5. The number of Topliss-reactive ketones (excluding diaryl/α,β-unsaturated/α-hetero) is 3. The number of unbranched alkanes of at least 4 members (excludes halogenated alkanes) is 5. The largest absolute Gasteiger partial charge is 1.00 e. The Morgan fingerprint density at radius 2 is 0.473 bits per heavy atom. The van der Waals surface area contributed by atoms with Gasteiger partial charge < -0.3 is 82.0 Å². The molecule has 0 aliphatic heterocycles. The Morgan fingerprint density at radius 1 is 0.267 bits per heavy atom. The Balaban J connectivity index is 0.000000242. The van der Waals surface area contributed by atoms with Crippen molar-refractivity contribution in [2.24, 2.45) is 14.1 Å². The first kappa shape index (κ1) is 107. The summed E-state index contributed by atoms with van der Waals surface area (Å²) >= 11 is 0. The van der Waals surface area contributed by atoms with Gasteiger partial charge in [-0.15, -0.1) is 9.13 Å². The Morgan fingerprint density at radius 3 is 0.695 bits per heavy atom. The Kier molecular flexibility index (Phi) is 42.1. The number of aryl methyl sites for hydroxylation is 3. The van der Waals surface area contributed by atoms with Gasteiger partial charge in [-0.3, -0.25) is 4.79 Å². The fourth-order valence-corrected chi connectivity index (χ4v) is 13.4. The normalized spacial score (nSPS) is 10.6. The van der Waals surface area contributed by atoms with Gasteiger partial charge in [0.1, 0.15) is 32.2 Å². The fourth-order valence-electron chi connectivity index (χ4n) is 13.4. The number of aromatic nitrogens is 5. The van der Waals surface area contributed by atoms with Crippen LogP contribution in [0.3, 0.4) is 0 Å². The molecule has 0 aliphatic rings. The second kappa shape index (κ2) is 51.3. The predicted octanol–water partition coefficient (Wildman–Crippen LogP) is 16.9. The van der Waals surface area contributed by atoms with E-state index in [4.69, 9.17) is 0 Å². The molecule has 131 heavy (non-hydrogen) atoms. The first-order chi connectivity index (χ1) is 61.1. The summed E-state index contributed by atoms with van der Waals surface area (Å²) in [5.41, 5.74) is 17.5. The lowest BCUT2D eigenvalue weighted by atomic mass is 10.0. The molecule has 0 amide bonds. The van der Waals surface area contributed by atoms with Crippen LogP contribution in [0.5, 0.6) is 0 Å². The smallest absolute Gasteiger partial charge is 0.521 e. The van der Waals surface area contributed by atoms with Crippen LogP contribution in [0.25, 0.3) is 109 Å². The topological polar surface area (TPSA) is 121 Å². The molecule has 0 saturated carbocycles. The molecule has 0 bridgehead atoms. The number of benzene rings is 10. The van der Waals surface area contributed by atoms with E-state index in [2.05, 4.69) is 299 Å². The third kappa shape index (κ3) is 33.8. The van der Waals surface area contributed by atoms with Gasteiger partial charge in [-0.05, 0) is 235 Å². The maximum atomic E-state index is 12.4. The zero-order valence-corrected chi connectivity index (χ0v) is 82.7. The molecule has 5 aromatic heterocycles. The zero-order chi connectivity index (χ0) is 94.4. The molecule has 686 valence electrons. The van der Waals surface area contributed by atoms with Crippen molar-refractivity contribution in [1.82, 2.24) is 0 Å². The van der Waals surface area contributed by atoms with Crippen molar-refractivity contribution < 1.29 is 121 Å². The Bertz CT molecular complexity index is 6120. The first-order valence-corrected chi connectivity index (χ1v) is 42.8. The van der Waals surface area contributed by atoms with E-state index in [9.17, 15) is 50.3 Å². The molecule has 15 rings (SSSR count). The average Bonchev–Trinajstić information content (AvgIpc) is 0.832. The van der Waals surface area contributed by atoms with E-state index < -0.39 is 24.0 Å². The number of ketones is 3. The molecule has 0 fully saturated rings. The van der Waals surface area contributed by atoms with Crippen LogP contribution in [0.4, 0.5) is 54.8 Å². The molecule has 0 radical (unpaired) electrons. The van der Waals surface area contributed by atoms with Gasteiger partial charge in [0.2, 0.25) is 5.78 Å². The van der Waals surface area contributed by atoms with Crippen LogP contribution >= 0.6 is 0 Å². The van der Waals surface area contributed by atoms with E-state index in [0.29, 0.717) is 11.5 Å². The molecule has 0 unspecified atom stereocenters. The van der Waals surface area contributed by atoms with Crippen molar-refractivity contribution in [3.8, 4) is 55.6 Å². The summed E-state index contributed by atoms with van der Waals surface area (Å²) < 4.78 is 78.4. The maximum absolute atomic E-state index is 12.4. The van der Waals surface area contributed by atoms with E-state index >= 15 is 0 Å². The van der Waals surface area contributed by atoms with Crippen LogP contribution in [0.2, 0.25) is 0 Å². The molecular weight excluding hydrogens is 1890 g/mol. The average molecular weight is 2010 g/mol. The molecule has 0 N–H and O–H groups in total. The van der Waals surface area contributed by atoms with Crippen LogP contribution < -0.4 is 95.3 Å². The van der Waals surface area contributed by atoms with E-state index in [-0.39, 0.29) is 65.4 Å². The van der Waals surface area contributed by atoms with Crippen molar-refractivity contribution >= 4 is 111 Å². The molecule has 0 spiro atoms. The highest BCUT2D eigenvalue weighted by Crippen LogP contribution is 2.33. The van der Waals surface area contributed by atoms with Crippen molar-refractivity contribution in [2.75, 3.05) is 95.0 Å². The van der Waals surface area contributed by atoms with Crippen LogP contribution in [-0.2, 0) is 35.0 Å². The predicted molar refractivity (Wildman–Crippen MR) is 517 cm³/mol. The lowest BCUT2D eigenvalue weighted by Gasteiger charge is -2.13. The Hall–Kier alpha value is -12.4. The number of hydrogen-bond donors (Lipinski definition) is 0. The number of fused-ring (bicyclic) bond motifs is 5. The molecule has 0 saturated heterocycles. The highest BCUT2D eigenvalue weighted by Gasteiger charge is 2.47. The summed E-state index contributed by atoms with van der Waals surface area (Å²) in [5.74, 6) is -3.32. The standard InChI is InChI=1S/C25H33N2.C19H16F3N2O.C19H19N2O.2C18H19N2.C3H3F3O.2C3H6O.2HI/c1-4-5-6-7-8-9-16-27-17-14-21(15-18-27)22-10-11-24-20-25(26(2)3)13-12-23(24)19-22;1-23(2)17-6-5-15-11-14(3-4-16(15)12-17)13-7-9-24(10-8-13)18(25)19(20,21)22;1-14(22)21-10-8-15(9-11-21)16-4-5-18-13-19(20(2)3)7-6-17(18)12-16;2*1-19(2)18-7-6-16-12-15(4-5-17(16)13-18)14-8-10-20(3)11-9-14;1-2(7)3(4,5)6;2*1-3(2)4;;/h10-15,17-20H,4-9,16H2,1-3H3;3-12H,1-2H3;4-13H,1-3H3;2*4-13H,1-3H3;1H3;2*1-2H3;2*1H/q5*+1;;;;;/p-2. The van der Waals surface area contributed by atoms with Crippen LogP contribution in [0.1, 0.15) is 96.6 Å². The highest BCUT2D eigenvalue weighted by molar-refractivity contribution is 5.94. The first-order valence-electron chi connectivity index (χ1n) is 42.8. The fraction of sp³-hybridized carbons (Fsp3) is 0.259. The summed E-state index contributed by atoms with van der Waals surface area (Å²) in [5, 5.41) is 12.3. The molecule has 10 aromatic carbocycles. The maximum Gasteiger partial charge on any atom is 0.521 e. The second-order valence-corrected chi connectivity index (χ2v) is 33.0. The molecule has 23 heteroatoms. The summed E-state index contributed by atoms with van der Waals surface area (Å²) in [6.07, 6.45) is 17.2. The van der Waals surface area contributed by atoms with Crippen LogP contribution in [0.15, 0.2) is 305 Å². The number of nitrogens with zero attached hydrogens (tertiary/aromatic N) is 10. The summed E-state index contributed by atoms with van der Waals surface area (Å²) in [7, 11) is 24.5. The van der Waals surface area contributed by atoms with Gasteiger partial charge in [0.05, 0.1) is 6.92 Å². The van der Waals surface area contributed by atoms with Crippen molar-refractivity contribution in [1.29, 1.82) is 0 Å². The molecule has 15 aromatic rings. The summed E-state index contributed by atoms with van der Waals surface area (Å²) in [6, 6.07) is 84.7. The van der Waals surface area contributed by atoms with E-state index in [1.165, 1.54) is 178 Å². The lowest BCUT2D eigenvalue weighted by molar-refractivity contribution is -0.697. The van der Waals surface area contributed by atoms with Gasteiger partial charge in [-0.1, -0.05) is 124 Å². The van der Waals surface area contributed by atoms with Gasteiger partial charge in [0.15, 0.2) is 62.0 Å². The van der Waals surface area contributed by atoms with Crippen LogP contribution in [-0.4, -0.2) is 112 Å². The van der Waals surface area contributed by atoms with Gasteiger partial charge in [-0.25, -0.2) is 23.3 Å². The van der Waals surface area contributed by atoms with Gasteiger partial charge >= 0.3 is 24.2 Å². The number of halogens is 8. The molecule has 0 aliphatic carbocycles. The van der Waals surface area contributed by atoms with Gasteiger partial charge in [-0.2, -0.15) is 26.3 Å². The number of anilines is 5. The Labute approximate surface area is 801 Å². The third-order valence-electron chi connectivity index (χ3n) is 20.9. The monoisotopic (exact) mass is 2010 g/mol. The van der Waals surface area contributed by atoms with Gasteiger partial charge in [0.25, 0.3) is 0 Å². The quantitative estimate of drug-likeness (QED) is 0.0377. The minimum atomic E-state index is -4.89. The molecule has 15 nitrogen and oxygen atoms in total. The SMILES string of the molecule is CC(=O)C(F)(F)F.CC(=O)[n+]1ccc(-c2ccc3cc(N(C)C)ccc3c2)cc1.CC(C)=O.CC(C)=O.CCCCCCCC[n+]1ccc(-c2ccc3cc(N(C)C)ccc3c2)cc1.CN(C)c1ccc2cc(-c3cc[n+](C(=O)C(F)(F)F)cc3)ccc2c1.CN(C)c1ccc2cc(-c3cc[n+](C)cc3)ccc2c1.CN(C)c1ccc2cc(-c3cc[n+](C)cc3)ccc2c1.[I-].[I-]. The van der Waals surface area contributed by atoms with Crippen molar-refractivity contribution in [2.45, 2.75) is 106 Å². The van der Waals surface area contributed by atoms with Crippen LogP contribution in [0, 0.1) is 0 Å². The number of rotatable bonds is 17. The number of pyridine rings is 5. The van der Waals surface area contributed by atoms with Crippen molar-refractivity contribution in [3.05, 3.63) is 305 Å². The van der Waals surface area contributed by atoms with E-state index in [1.807, 2.05) is 98.8 Å². The van der Waals surface area contributed by atoms with E-state index in [0.717, 1.165) is 57.7 Å². The number of alkyl halides is 6. The highest BCUT2D eigenvalue weighted by atomic mass is 127. The number of carbonyl (C=O) groups excluding carboxylic acids is 5. The van der Waals surface area contributed by atoms with E-state index in [1.54, 1.807) is 23.9 Å². The second-order valence-electron chi connectivity index (χ2n) is 33.0. The summed E-state index contributed by atoms with van der Waals surface area (Å²) in [6.45, 7) is 11.5. The van der Waals surface area contributed by atoms with Gasteiger partial charge in [0, 0.05) is 173 Å². The molecular formula is C108H121F6I2N10O5+3. The zero-order valence-electron chi connectivity index (χ0n) is 78.4. The minimum Gasteiger partial charge on any atom is -1.00 e. The summed E-state index contributed by atoms with van der Waals surface area (Å²) in [4.78, 5) is 61.3.